The molecule has 0 spiro atoms. The molecule has 118 valence electrons. The molecule has 1 atom stereocenters. The third-order valence-corrected chi connectivity index (χ3v) is 5.03. The third kappa shape index (κ3) is 2.93. The number of nitrogens with zero attached hydrogens (tertiary/aromatic N) is 2. The lowest BCUT2D eigenvalue weighted by atomic mass is 9.83. The van der Waals surface area contributed by atoms with Crippen LogP contribution in [0, 0.1) is 11.8 Å². The minimum absolute atomic E-state index is 0.409. The van der Waals surface area contributed by atoms with Crippen LogP contribution in [-0.4, -0.2) is 41.6 Å². The van der Waals surface area contributed by atoms with Crippen LogP contribution in [-0.2, 0) is 6.42 Å². The molecule has 0 amide bonds. The lowest BCUT2D eigenvalue weighted by Crippen LogP contribution is -2.28. The summed E-state index contributed by atoms with van der Waals surface area (Å²) in [4.78, 5) is 18.0. The summed E-state index contributed by atoms with van der Waals surface area (Å²) in [7, 11) is 4.23. The van der Waals surface area contributed by atoms with Gasteiger partial charge in [0.15, 0.2) is 0 Å². The standard InChI is InChI=1S/C18H24N2O2/c1-20(2)11-16(12-5-3-4-6-12)13-9-15-14(18(21)22)7-8-19-17(15)10-13/h7-8,10,12,16H,3-6,9,11H2,1-2H3,(H,21,22). The molecule has 1 unspecified atom stereocenters. The maximum absolute atomic E-state index is 11.4. The molecule has 2 aliphatic rings. The highest BCUT2D eigenvalue weighted by Gasteiger charge is 2.32. The lowest BCUT2D eigenvalue weighted by molar-refractivity contribution is 0.0695. The Bertz CT molecular complexity index is 601. The zero-order valence-corrected chi connectivity index (χ0v) is 13.4. The first kappa shape index (κ1) is 15.2. The summed E-state index contributed by atoms with van der Waals surface area (Å²) < 4.78 is 0. The molecule has 1 fully saturated rings. The molecule has 0 aliphatic heterocycles. The fourth-order valence-corrected chi connectivity index (χ4v) is 4.01. The predicted molar refractivity (Wildman–Crippen MR) is 86.9 cm³/mol. The van der Waals surface area contributed by atoms with Gasteiger partial charge in [0.05, 0.1) is 11.3 Å². The highest BCUT2D eigenvalue weighted by atomic mass is 16.4. The van der Waals surface area contributed by atoms with Gasteiger partial charge in [0.2, 0.25) is 0 Å². The Balaban J connectivity index is 1.88. The number of carbonyl (C=O) groups is 1. The van der Waals surface area contributed by atoms with Gasteiger partial charge < -0.3 is 10.0 Å². The van der Waals surface area contributed by atoms with E-state index < -0.39 is 5.97 Å². The van der Waals surface area contributed by atoms with Crippen molar-refractivity contribution in [2.45, 2.75) is 32.1 Å². The van der Waals surface area contributed by atoms with Gasteiger partial charge in [-0.25, -0.2) is 4.79 Å². The van der Waals surface area contributed by atoms with Gasteiger partial charge in [-0.2, -0.15) is 0 Å². The van der Waals surface area contributed by atoms with Crippen molar-refractivity contribution in [1.29, 1.82) is 0 Å². The second kappa shape index (κ2) is 6.21. The molecular weight excluding hydrogens is 276 g/mol. The fraction of sp³-hybridized carbons (Fsp3) is 0.556. The van der Waals surface area contributed by atoms with Crippen molar-refractivity contribution in [1.82, 2.24) is 9.88 Å². The van der Waals surface area contributed by atoms with Gasteiger partial charge in [-0.1, -0.05) is 18.4 Å². The molecule has 0 bridgehead atoms. The predicted octanol–water partition coefficient (Wildman–Crippen LogP) is 3.09. The van der Waals surface area contributed by atoms with Gasteiger partial charge in [0.1, 0.15) is 0 Å². The van der Waals surface area contributed by atoms with Gasteiger partial charge in [-0.3, -0.25) is 4.98 Å². The van der Waals surface area contributed by atoms with Crippen molar-refractivity contribution >= 4 is 12.0 Å². The smallest absolute Gasteiger partial charge is 0.336 e. The van der Waals surface area contributed by atoms with E-state index >= 15 is 0 Å². The maximum Gasteiger partial charge on any atom is 0.336 e. The average molecular weight is 300 g/mol. The molecule has 0 aromatic carbocycles. The number of hydrogen-bond donors (Lipinski definition) is 1. The van der Waals surface area contributed by atoms with Crippen LogP contribution in [0.1, 0.15) is 47.3 Å². The third-order valence-electron chi connectivity index (χ3n) is 5.03. The van der Waals surface area contributed by atoms with Crippen molar-refractivity contribution in [3.63, 3.8) is 0 Å². The van der Waals surface area contributed by atoms with Crippen molar-refractivity contribution in [3.8, 4) is 0 Å². The largest absolute Gasteiger partial charge is 0.478 e. The van der Waals surface area contributed by atoms with Crippen LogP contribution in [0.5, 0.6) is 0 Å². The Morgan fingerprint density at radius 1 is 1.41 bits per heavy atom. The molecule has 4 heteroatoms. The van der Waals surface area contributed by atoms with Crippen molar-refractivity contribution in [3.05, 3.63) is 34.7 Å². The van der Waals surface area contributed by atoms with Crippen LogP contribution in [0.25, 0.3) is 6.08 Å². The summed E-state index contributed by atoms with van der Waals surface area (Å²) in [5.41, 5.74) is 3.53. The van der Waals surface area contributed by atoms with Crippen LogP contribution in [0.3, 0.4) is 0 Å². The molecule has 22 heavy (non-hydrogen) atoms. The van der Waals surface area contributed by atoms with Crippen LogP contribution < -0.4 is 0 Å². The molecule has 1 saturated carbocycles. The summed E-state index contributed by atoms with van der Waals surface area (Å²) >= 11 is 0. The van der Waals surface area contributed by atoms with E-state index in [1.54, 1.807) is 12.3 Å². The normalized spacial score (nSPS) is 19.3. The Morgan fingerprint density at radius 2 is 2.14 bits per heavy atom. The van der Waals surface area contributed by atoms with E-state index in [0.717, 1.165) is 30.1 Å². The number of carboxylic acids is 1. The van der Waals surface area contributed by atoms with Crippen molar-refractivity contribution in [2.75, 3.05) is 20.6 Å². The van der Waals surface area contributed by atoms with Crippen LogP contribution >= 0.6 is 0 Å². The van der Waals surface area contributed by atoms with E-state index in [0.29, 0.717) is 11.5 Å². The summed E-state index contributed by atoms with van der Waals surface area (Å²) in [6, 6.07) is 1.62. The molecular formula is C18H24N2O2. The number of rotatable bonds is 5. The van der Waals surface area contributed by atoms with E-state index in [4.69, 9.17) is 0 Å². The zero-order chi connectivity index (χ0) is 15.7. The zero-order valence-electron chi connectivity index (χ0n) is 13.4. The van der Waals surface area contributed by atoms with Gasteiger partial charge in [0, 0.05) is 12.7 Å². The first-order valence-electron chi connectivity index (χ1n) is 8.12. The molecule has 0 saturated heterocycles. The summed E-state index contributed by atoms with van der Waals surface area (Å²) in [5.74, 6) is 0.405. The van der Waals surface area contributed by atoms with Gasteiger partial charge >= 0.3 is 5.97 Å². The lowest BCUT2D eigenvalue weighted by Gasteiger charge is -2.28. The Labute approximate surface area is 131 Å². The minimum atomic E-state index is -0.849. The second-order valence-corrected chi connectivity index (χ2v) is 6.84. The van der Waals surface area contributed by atoms with Crippen LogP contribution in [0.4, 0.5) is 0 Å². The molecule has 1 heterocycles. The summed E-state index contributed by atoms with van der Waals surface area (Å²) in [6.07, 6.45) is 9.75. The van der Waals surface area contributed by atoms with E-state index in [1.165, 1.54) is 31.3 Å². The second-order valence-electron chi connectivity index (χ2n) is 6.84. The van der Waals surface area contributed by atoms with Gasteiger partial charge in [0.25, 0.3) is 0 Å². The summed E-state index contributed by atoms with van der Waals surface area (Å²) in [5, 5.41) is 9.37. The Kier molecular flexibility index (Phi) is 4.30. The van der Waals surface area contributed by atoms with E-state index in [1.807, 2.05) is 0 Å². The van der Waals surface area contributed by atoms with Crippen LogP contribution in [0.2, 0.25) is 0 Å². The number of hydrogen-bond acceptors (Lipinski definition) is 3. The topological polar surface area (TPSA) is 53.4 Å². The Hall–Kier alpha value is -1.68. The number of pyridine rings is 1. The highest BCUT2D eigenvalue weighted by Crippen LogP contribution is 2.40. The monoisotopic (exact) mass is 300 g/mol. The quantitative estimate of drug-likeness (QED) is 0.908. The molecule has 4 nitrogen and oxygen atoms in total. The number of aromatic carboxylic acids is 1. The SMILES string of the molecule is CN(C)CC(C1=Cc2nccc(C(=O)O)c2C1)C1CCCC1. The number of carboxylic acid groups (broad SMARTS) is 1. The van der Waals surface area contributed by atoms with Crippen LogP contribution in [0.15, 0.2) is 17.8 Å². The molecule has 1 aromatic rings. The maximum atomic E-state index is 11.4. The average Bonchev–Trinajstić information content (AvgIpc) is 3.12. The molecule has 2 aliphatic carbocycles. The van der Waals surface area contributed by atoms with Gasteiger partial charge in [-0.05, 0) is 62.9 Å². The molecule has 3 rings (SSSR count). The van der Waals surface area contributed by atoms with E-state index in [-0.39, 0.29) is 0 Å². The fourth-order valence-electron chi connectivity index (χ4n) is 4.01. The minimum Gasteiger partial charge on any atom is -0.478 e. The Morgan fingerprint density at radius 3 is 2.77 bits per heavy atom. The number of aromatic nitrogens is 1. The van der Waals surface area contributed by atoms with Gasteiger partial charge in [-0.15, -0.1) is 0 Å². The van der Waals surface area contributed by atoms with E-state index in [2.05, 4.69) is 30.1 Å². The van der Waals surface area contributed by atoms with Crippen molar-refractivity contribution < 1.29 is 9.90 Å². The molecule has 1 N–H and O–H groups in total. The molecule has 1 aromatic heterocycles. The summed E-state index contributed by atoms with van der Waals surface area (Å²) in [6.45, 7) is 1.03. The highest BCUT2D eigenvalue weighted by molar-refractivity contribution is 5.91. The first-order chi connectivity index (χ1) is 10.6. The molecule has 0 radical (unpaired) electrons. The number of fused-ring (bicyclic) bond motifs is 1. The first-order valence-corrected chi connectivity index (χ1v) is 8.12. The van der Waals surface area contributed by atoms with E-state index in [9.17, 15) is 9.90 Å². The van der Waals surface area contributed by atoms with Crippen molar-refractivity contribution in [2.24, 2.45) is 11.8 Å².